The van der Waals surface area contributed by atoms with Gasteiger partial charge in [0.2, 0.25) is 0 Å². The Morgan fingerprint density at radius 2 is 1.47 bits per heavy atom. The van der Waals surface area contributed by atoms with Crippen molar-refractivity contribution in [3.8, 4) is 0 Å². The van der Waals surface area contributed by atoms with Crippen LogP contribution in [-0.4, -0.2) is 14.9 Å². The van der Waals surface area contributed by atoms with Crippen molar-refractivity contribution in [2.45, 2.75) is 77.9 Å². The third kappa shape index (κ3) is 7.77. The normalized spacial score (nSPS) is 12.5. The Labute approximate surface area is 110 Å². The van der Waals surface area contributed by atoms with Crippen LogP contribution in [0.5, 0.6) is 0 Å². The average Bonchev–Trinajstić information content (AvgIpc) is 2.30. The fraction of sp³-hybridized carbons (Fsp3) is 0.867. The minimum Gasteiger partial charge on any atom is -0.417 e. The number of hydrogen-bond acceptors (Lipinski definition) is 1. The van der Waals surface area contributed by atoms with Crippen molar-refractivity contribution in [3.63, 3.8) is 0 Å². The van der Waals surface area contributed by atoms with Crippen molar-refractivity contribution < 1.29 is 4.43 Å². The molecule has 0 aliphatic carbocycles. The molecule has 102 valence electrons. The summed E-state index contributed by atoms with van der Waals surface area (Å²) in [6, 6.07) is 4.08. The molecule has 0 N–H and O–H groups in total. The molecule has 17 heavy (non-hydrogen) atoms. The summed E-state index contributed by atoms with van der Waals surface area (Å²) in [6.45, 7) is 9.98. The molecule has 0 unspecified atom stereocenters. The van der Waals surface area contributed by atoms with Gasteiger partial charge in [0.05, 0.1) is 0 Å². The maximum Gasteiger partial charge on any atom is 0.192 e. The van der Waals surface area contributed by atoms with E-state index in [1.807, 2.05) is 0 Å². The number of rotatable bonds is 11. The van der Waals surface area contributed by atoms with E-state index < -0.39 is 8.32 Å². The fourth-order valence-electron chi connectivity index (χ4n) is 2.61. The SMILES string of the molecule is C/C=C/CCCO[Si](CCC)(CCC)CCC. The predicted molar refractivity (Wildman–Crippen MR) is 81.0 cm³/mol. The lowest BCUT2D eigenvalue weighted by atomic mass is 10.3. The molecule has 0 fully saturated rings. The second kappa shape index (κ2) is 11.0. The largest absolute Gasteiger partial charge is 0.417 e. The second-order valence-corrected chi connectivity index (χ2v) is 9.15. The van der Waals surface area contributed by atoms with Crippen molar-refractivity contribution in [1.29, 1.82) is 0 Å². The molecule has 0 spiro atoms. The van der Waals surface area contributed by atoms with E-state index >= 15 is 0 Å². The topological polar surface area (TPSA) is 9.23 Å². The van der Waals surface area contributed by atoms with Gasteiger partial charge in [-0.25, -0.2) is 0 Å². The van der Waals surface area contributed by atoms with Gasteiger partial charge in [0, 0.05) is 6.61 Å². The highest BCUT2D eigenvalue weighted by Crippen LogP contribution is 2.27. The van der Waals surface area contributed by atoms with Gasteiger partial charge >= 0.3 is 0 Å². The molecule has 0 aliphatic heterocycles. The number of unbranched alkanes of at least 4 members (excludes halogenated alkanes) is 1. The third-order valence-electron chi connectivity index (χ3n) is 3.28. The van der Waals surface area contributed by atoms with Crippen LogP contribution in [-0.2, 0) is 4.43 Å². The van der Waals surface area contributed by atoms with Crippen molar-refractivity contribution in [1.82, 2.24) is 0 Å². The summed E-state index contributed by atoms with van der Waals surface area (Å²) in [6.07, 6.45) is 10.6. The van der Waals surface area contributed by atoms with Crippen LogP contribution in [0.15, 0.2) is 12.2 Å². The average molecular weight is 257 g/mol. The first kappa shape index (κ1) is 16.9. The molecule has 0 atom stereocenters. The monoisotopic (exact) mass is 256 g/mol. The summed E-state index contributed by atoms with van der Waals surface area (Å²) in [5.74, 6) is 0. The van der Waals surface area contributed by atoms with Gasteiger partial charge in [-0.3, -0.25) is 0 Å². The van der Waals surface area contributed by atoms with Gasteiger partial charge in [0.25, 0.3) is 0 Å². The van der Waals surface area contributed by atoms with Crippen LogP contribution >= 0.6 is 0 Å². The van der Waals surface area contributed by atoms with E-state index in [2.05, 4.69) is 39.8 Å². The summed E-state index contributed by atoms with van der Waals surface area (Å²) < 4.78 is 6.40. The fourth-order valence-corrected chi connectivity index (χ4v) is 7.11. The first-order valence-corrected chi connectivity index (χ1v) is 10.0. The smallest absolute Gasteiger partial charge is 0.192 e. The Bertz CT molecular complexity index is 172. The minimum atomic E-state index is -1.38. The standard InChI is InChI=1S/C15H32OSi/c1-5-9-10-11-12-16-17(13-6-2,14-7-3)15-8-4/h5,9H,6-8,10-15H2,1-4H3/b9-5+. The van der Waals surface area contributed by atoms with E-state index in [4.69, 9.17) is 4.43 Å². The first-order valence-electron chi connectivity index (χ1n) is 7.49. The minimum absolute atomic E-state index is 0.983. The summed E-state index contributed by atoms with van der Waals surface area (Å²) in [4.78, 5) is 0. The van der Waals surface area contributed by atoms with E-state index in [0.29, 0.717) is 0 Å². The Balaban J connectivity index is 4.13. The number of hydrogen-bond donors (Lipinski definition) is 0. The summed E-state index contributed by atoms with van der Waals surface area (Å²) >= 11 is 0. The maximum absolute atomic E-state index is 6.40. The summed E-state index contributed by atoms with van der Waals surface area (Å²) in [7, 11) is -1.38. The highest BCUT2D eigenvalue weighted by molar-refractivity contribution is 6.73. The summed E-state index contributed by atoms with van der Waals surface area (Å²) in [5.41, 5.74) is 0. The lowest BCUT2D eigenvalue weighted by Crippen LogP contribution is -2.38. The lowest BCUT2D eigenvalue weighted by molar-refractivity contribution is 0.290. The molecule has 0 aromatic carbocycles. The van der Waals surface area contributed by atoms with Gasteiger partial charge in [-0.05, 0) is 37.9 Å². The highest BCUT2D eigenvalue weighted by Gasteiger charge is 2.31. The third-order valence-corrected chi connectivity index (χ3v) is 8.33. The molecule has 0 saturated carbocycles. The van der Waals surface area contributed by atoms with E-state index in [1.165, 1.54) is 50.2 Å². The molecule has 0 aromatic heterocycles. The van der Waals surface area contributed by atoms with Crippen LogP contribution < -0.4 is 0 Å². The van der Waals surface area contributed by atoms with Gasteiger partial charge in [0.1, 0.15) is 0 Å². The molecular weight excluding hydrogens is 224 g/mol. The van der Waals surface area contributed by atoms with Crippen LogP contribution in [0.3, 0.4) is 0 Å². The Kier molecular flexibility index (Phi) is 11.0. The molecule has 2 heteroatoms. The van der Waals surface area contributed by atoms with E-state index in [1.54, 1.807) is 0 Å². The van der Waals surface area contributed by atoms with E-state index in [-0.39, 0.29) is 0 Å². The Hall–Kier alpha value is -0.0831. The lowest BCUT2D eigenvalue weighted by Gasteiger charge is -2.31. The molecule has 0 aliphatic rings. The van der Waals surface area contributed by atoms with Crippen molar-refractivity contribution >= 4 is 8.32 Å². The van der Waals surface area contributed by atoms with Crippen LogP contribution in [0.1, 0.15) is 59.8 Å². The van der Waals surface area contributed by atoms with Gasteiger partial charge in [-0.1, -0.05) is 52.2 Å². The van der Waals surface area contributed by atoms with Crippen LogP contribution in [0.25, 0.3) is 0 Å². The molecule has 0 heterocycles. The highest BCUT2D eigenvalue weighted by atomic mass is 28.4. The first-order chi connectivity index (χ1) is 8.24. The second-order valence-electron chi connectivity index (χ2n) is 4.99. The van der Waals surface area contributed by atoms with Gasteiger partial charge in [-0.2, -0.15) is 0 Å². The predicted octanol–water partition coefficient (Wildman–Crippen LogP) is 5.53. The number of allylic oxidation sites excluding steroid dienone is 2. The quantitative estimate of drug-likeness (QED) is 0.268. The molecule has 0 aromatic rings. The van der Waals surface area contributed by atoms with E-state index in [9.17, 15) is 0 Å². The van der Waals surface area contributed by atoms with Crippen LogP contribution in [0.4, 0.5) is 0 Å². The van der Waals surface area contributed by atoms with Crippen LogP contribution in [0.2, 0.25) is 18.1 Å². The zero-order chi connectivity index (χ0) is 13.0. The Morgan fingerprint density at radius 1 is 0.941 bits per heavy atom. The van der Waals surface area contributed by atoms with Gasteiger partial charge < -0.3 is 4.43 Å². The maximum atomic E-state index is 6.40. The van der Waals surface area contributed by atoms with Crippen molar-refractivity contribution in [2.75, 3.05) is 6.61 Å². The molecular formula is C15H32OSi. The Morgan fingerprint density at radius 3 is 1.88 bits per heavy atom. The summed E-state index contributed by atoms with van der Waals surface area (Å²) in [5, 5.41) is 0. The van der Waals surface area contributed by atoms with Crippen molar-refractivity contribution in [3.05, 3.63) is 12.2 Å². The van der Waals surface area contributed by atoms with Crippen molar-refractivity contribution in [2.24, 2.45) is 0 Å². The van der Waals surface area contributed by atoms with Crippen LogP contribution in [0, 0.1) is 0 Å². The molecule has 0 radical (unpaired) electrons. The molecule has 0 rings (SSSR count). The van der Waals surface area contributed by atoms with Gasteiger partial charge in [-0.15, -0.1) is 0 Å². The molecule has 0 saturated heterocycles. The zero-order valence-corrected chi connectivity index (χ0v) is 13.4. The zero-order valence-electron chi connectivity index (χ0n) is 12.4. The molecule has 1 nitrogen and oxygen atoms in total. The van der Waals surface area contributed by atoms with E-state index in [0.717, 1.165) is 6.61 Å². The van der Waals surface area contributed by atoms with Gasteiger partial charge in [0.15, 0.2) is 8.32 Å². The molecule has 0 bridgehead atoms. The molecule has 0 amide bonds.